The van der Waals surface area contributed by atoms with E-state index in [1.165, 1.54) is 5.39 Å². The minimum atomic E-state index is 0.560. The van der Waals surface area contributed by atoms with Gasteiger partial charge in [-0.2, -0.15) is 0 Å². The predicted molar refractivity (Wildman–Crippen MR) is 224 cm³/mol. The van der Waals surface area contributed by atoms with E-state index in [-0.39, 0.29) is 0 Å². The highest BCUT2D eigenvalue weighted by molar-refractivity contribution is 6.25. The van der Waals surface area contributed by atoms with Crippen LogP contribution in [-0.4, -0.2) is 29.5 Å². The fraction of sp³-hybridized carbons (Fsp3) is 0. The molecule has 0 saturated heterocycles. The molecule has 0 atom stereocenters. The first-order valence-corrected chi connectivity index (χ1v) is 18.5. The summed E-state index contributed by atoms with van der Waals surface area (Å²) >= 11 is 0. The summed E-state index contributed by atoms with van der Waals surface area (Å²) < 4.78 is 8.95. The van der Waals surface area contributed by atoms with Gasteiger partial charge in [-0.3, -0.25) is 9.97 Å². The summed E-state index contributed by atoms with van der Waals surface area (Å²) in [6.45, 7) is 0. The zero-order chi connectivity index (χ0) is 37.0. The van der Waals surface area contributed by atoms with Gasteiger partial charge in [0.05, 0.1) is 22.1 Å². The number of pyridine rings is 2. The van der Waals surface area contributed by atoms with E-state index in [2.05, 4.69) is 136 Å². The largest absolute Gasteiger partial charge is 0.456 e. The lowest BCUT2D eigenvalue weighted by atomic mass is 9.92. The summed E-state index contributed by atoms with van der Waals surface area (Å²) in [5.74, 6) is 1.69. The topological polar surface area (TPSA) is 82.5 Å². The highest BCUT2D eigenvalue weighted by atomic mass is 16.3. The normalized spacial score (nSPS) is 11.6. The van der Waals surface area contributed by atoms with E-state index in [1.807, 2.05) is 36.4 Å². The molecule has 5 aromatic heterocycles. The molecule has 7 nitrogen and oxygen atoms in total. The minimum Gasteiger partial charge on any atom is -0.456 e. The van der Waals surface area contributed by atoms with Crippen molar-refractivity contribution in [2.24, 2.45) is 0 Å². The number of benzene rings is 6. The van der Waals surface area contributed by atoms with Gasteiger partial charge in [-0.05, 0) is 71.8 Å². The van der Waals surface area contributed by atoms with Gasteiger partial charge in [0, 0.05) is 68.8 Å². The quantitative estimate of drug-likeness (QED) is 0.170. The van der Waals surface area contributed by atoms with Gasteiger partial charge in [0.25, 0.3) is 0 Å². The number of furan rings is 1. The minimum absolute atomic E-state index is 0.560. The van der Waals surface area contributed by atoms with Crippen molar-refractivity contribution in [3.8, 4) is 62.1 Å². The molecule has 0 spiro atoms. The number of rotatable bonds is 6. The highest BCUT2D eigenvalue weighted by Crippen LogP contribution is 2.46. The Morgan fingerprint density at radius 3 is 1.52 bits per heavy atom. The van der Waals surface area contributed by atoms with E-state index >= 15 is 0 Å². The highest BCUT2D eigenvalue weighted by Gasteiger charge is 2.25. The van der Waals surface area contributed by atoms with Crippen LogP contribution >= 0.6 is 0 Å². The van der Waals surface area contributed by atoms with Crippen LogP contribution in [0.25, 0.3) is 106 Å². The molecule has 5 heterocycles. The van der Waals surface area contributed by atoms with Crippen molar-refractivity contribution < 1.29 is 4.42 Å². The van der Waals surface area contributed by atoms with E-state index in [4.69, 9.17) is 19.4 Å². The van der Waals surface area contributed by atoms with E-state index in [0.29, 0.717) is 17.5 Å². The van der Waals surface area contributed by atoms with Gasteiger partial charge in [-0.25, -0.2) is 15.0 Å². The van der Waals surface area contributed by atoms with Crippen LogP contribution in [0, 0.1) is 0 Å². The van der Waals surface area contributed by atoms with Crippen molar-refractivity contribution in [3.05, 3.63) is 183 Å². The molecular weight excluding hydrogens is 689 g/mol. The van der Waals surface area contributed by atoms with Crippen molar-refractivity contribution >= 4 is 43.7 Å². The van der Waals surface area contributed by atoms with Crippen LogP contribution in [0.2, 0.25) is 0 Å². The first-order valence-electron chi connectivity index (χ1n) is 18.5. The molecule has 0 radical (unpaired) electrons. The van der Waals surface area contributed by atoms with E-state index < -0.39 is 0 Å². The summed E-state index contributed by atoms with van der Waals surface area (Å²) in [7, 11) is 0. The molecule has 0 bridgehead atoms. The van der Waals surface area contributed by atoms with Crippen LogP contribution in [0.4, 0.5) is 0 Å². The number of fused-ring (bicyclic) bond motifs is 7. The second-order valence-electron chi connectivity index (χ2n) is 13.7. The number of aromatic nitrogens is 6. The lowest BCUT2D eigenvalue weighted by Gasteiger charge is -2.21. The Kier molecular flexibility index (Phi) is 7.35. The van der Waals surface area contributed by atoms with Crippen molar-refractivity contribution in [1.29, 1.82) is 0 Å². The number of hydrogen-bond donors (Lipinski definition) is 0. The first kappa shape index (κ1) is 31.7. The first-order chi connectivity index (χ1) is 27.8. The third kappa shape index (κ3) is 5.17. The van der Waals surface area contributed by atoms with Crippen molar-refractivity contribution in [1.82, 2.24) is 29.5 Å². The zero-order valence-corrected chi connectivity index (χ0v) is 29.9. The Bertz CT molecular complexity index is 3110. The average Bonchev–Trinajstić information content (AvgIpc) is 3.83. The Balaban J connectivity index is 1.30. The van der Waals surface area contributed by atoms with Gasteiger partial charge in [0.2, 0.25) is 0 Å². The SMILES string of the molecule is c1ccc(-c2cc(-c3nc(-c4ccncc4)nc(-c4ccncc4)n3)cc(-c3ccccc3)c2-n2c3ccccc3c3ccc4oc5ccccc5c4c32)cc1. The van der Waals surface area contributed by atoms with Crippen LogP contribution < -0.4 is 0 Å². The molecule has 0 aliphatic rings. The van der Waals surface area contributed by atoms with Gasteiger partial charge < -0.3 is 8.98 Å². The van der Waals surface area contributed by atoms with Gasteiger partial charge in [0.1, 0.15) is 11.2 Å². The van der Waals surface area contributed by atoms with E-state index in [0.717, 1.165) is 83.0 Å². The fourth-order valence-corrected chi connectivity index (χ4v) is 7.94. The molecule has 0 unspecified atom stereocenters. The summed E-state index contributed by atoms with van der Waals surface area (Å²) in [5, 5.41) is 4.48. The van der Waals surface area contributed by atoms with Crippen LogP contribution in [0.15, 0.2) is 187 Å². The van der Waals surface area contributed by atoms with Crippen LogP contribution in [-0.2, 0) is 0 Å². The molecule has 0 saturated carbocycles. The number of nitrogens with zero attached hydrogens (tertiary/aromatic N) is 6. The number of hydrogen-bond acceptors (Lipinski definition) is 6. The Morgan fingerprint density at radius 2 is 0.911 bits per heavy atom. The smallest absolute Gasteiger partial charge is 0.164 e. The maximum absolute atomic E-state index is 6.51. The Morgan fingerprint density at radius 1 is 0.393 bits per heavy atom. The van der Waals surface area contributed by atoms with Crippen LogP contribution in [0.1, 0.15) is 0 Å². The second kappa shape index (κ2) is 13.0. The van der Waals surface area contributed by atoms with Gasteiger partial charge >= 0.3 is 0 Å². The summed E-state index contributed by atoms with van der Waals surface area (Å²) in [5.41, 5.74) is 11.7. The van der Waals surface area contributed by atoms with Gasteiger partial charge in [-0.1, -0.05) is 97.1 Å². The molecule has 7 heteroatoms. The third-order valence-corrected chi connectivity index (χ3v) is 10.4. The molecule has 0 aliphatic carbocycles. The fourth-order valence-electron chi connectivity index (χ4n) is 7.94. The predicted octanol–water partition coefficient (Wildman–Crippen LogP) is 12.0. The van der Waals surface area contributed by atoms with Crippen molar-refractivity contribution in [2.75, 3.05) is 0 Å². The van der Waals surface area contributed by atoms with Crippen LogP contribution in [0.5, 0.6) is 0 Å². The van der Waals surface area contributed by atoms with Crippen molar-refractivity contribution in [2.45, 2.75) is 0 Å². The maximum atomic E-state index is 6.51. The van der Waals surface area contributed by atoms with E-state index in [1.54, 1.807) is 24.8 Å². The molecular formula is C49H30N6O. The zero-order valence-electron chi connectivity index (χ0n) is 29.9. The lowest BCUT2D eigenvalue weighted by Crippen LogP contribution is -2.04. The molecule has 56 heavy (non-hydrogen) atoms. The Labute approximate surface area is 321 Å². The number of para-hydroxylation sites is 2. The summed E-state index contributed by atoms with van der Waals surface area (Å²) in [6.07, 6.45) is 7.03. The lowest BCUT2D eigenvalue weighted by molar-refractivity contribution is 0.669. The van der Waals surface area contributed by atoms with E-state index in [9.17, 15) is 0 Å². The standard InChI is InChI=1S/C49H30N6O/c1-3-11-31(12-4-1)39-29-35(49-53-47(33-21-25-50-26-22-33)52-48(54-49)34-23-27-51-28-24-34)30-40(32-13-5-2-6-14-32)45(39)55-41-17-9-7-15-36(41)37-19-20-43-44(46(37)55)38-16-8-10-18-42(38)56-43/h1-30H. The molecule has 6 aromatic carbocycles. The molecule has 262 valence electrons. The third-order valence-electron chi connectivity index (χ3n) is 10.4. The van der Waals surface area contributed by atoms with Gasteiger partial charge in [0.15, 0.2) is 17.5 Å². The Hall–Kier alpha value is -7.77. The maximum Gasteiger partial charge on any atom is 0.164 e. The molecule has 0 aliphatic heterocycles. The summed E-state index contributed by atoms with van der Waals surface area (Å²) in [6, 6.07) is 54.6. The van der Waals surface area contributed by atoms with Crippen molar-refractivity contribution in [3.63, 3.8) is 0 Å². The molecule has 11 aromatic rings. The molecule has 11 rings (SSSR count). The summed E-state index contributed by atoms with van der Waals surface area (Å²) in [4.78, 5) is 23.7. The average molecular weight is 719 g/mol. The molecule has 0 N–H and O–H groups in total. The van der Waals surface area contributed by atoms with Gasteiger partial charge in [-0.15, -0.1) is 0 Å². The molecule has 0 fully saturated rings. The second-order valence-corrected chi connectivity index (χ2v) is 13.7. The van der Waals surface area contributed by atoms with Crippen LogP contribution in [0.3, 0.4) is 0 Å². The monoisotopic (exact) mass is 718 g/mol. The molecule has 0 amide bonds.